The van der Waals surface area contributed by atoms with E-state index >= 15 is 0 Å². The van der Waals surface area contributed by atoms with Crippen LogP contribution in [0.4, 0.5) is 0 Å². The Morgan fingerprint density at radius 3 is 2.65 bits per heavy atom. The summed E-state index contributed by atoms with van der Waals surface area (Å²) in [4.78, 5) is 11.5. The van der Waals surface area contributed by atoms with Crippen molar-refractivity contribution >= 4 is 17.6 Å². The molecule has 0 aromatic heterocycles. The van der Waals surface area contributed by atoms with Crippen molar-refractivity contribution in [1.29, 1.82) is 5.26 Å². The summed E-state index contributed by atoms with van der Waals surface area (Å²) in [5, 5.41) is 22.3. The van der Waals surface area contributed by atoms with Gasteiger partial charge in [-0.05, 0) is 31.5 Å². The molecule has 1 heterocycles. The first-order chi connectivity index (χ1) is 9.45. The van der Waals surface area contributed by atoms with Gasteiger partial charge in [-0.2, -0.15) is 5.26 Å². The lowest BCUT2D eigenvalue weighted by molar-refractivity contribution is -0.133. The van der Waals surface area contributed by atoms with E-state index in [1.54, 1.807) is 38.1 Å². The molecule has 2 N–H and O–H groups in total. The average molecular weight is 289 g/mol. The summed E-state index contributed by atoms with van der Waals surface area (Å²) in [5.74, 6) is -1.64. The molecule has 1 atom stereocenters. The van der Waals surface area contributed by atoms with Gasteiger partial charge in [-0.1, -0.05) is 23.7 Å². The first-order valence-electron chi connectivity index (χ1n) is 6.03. The number of carboxylic acids is 1. The SMILES string of the molecule is CC1=C(C#N)C(c2cccc(Cl)c2)C(C(=O)O)=C(C)N1. The van der Waals surface area contributed by atoms with Gasteiger partial charge in [-0.15, -0.1) is 0 Å². The largest absolute Gasteiger partial charge is 0.478 e. The Kier molecular flexibility index (Phi) is 3.82. The number of carboxylic acid groups (broad SMARTS) is 1. The fraction of sp³-hybridized carbons (Fsp3) is 0.200. The van der Waals surface area contributed by atoms with Gasteiger partial charge in [0.1, 0.15) is 0 Å². The van der Waals surface area contributed by atoms with Gasteiger partial charge in [0.15, 0.2) is 0 Å². The smallest absolute Gasteiger partial charge is 0.334 e. The highest BCUT2D eigenvalue weighted by Crippen LogP contribution is 2.38. The van der Waals surface area contributed by atoms with E-state index in [-0.39, 0.29) is 5.57 Å². The van der Waals surface area contributed by atoms with Gasteiger partial charge in [0.2, 0.25) is 0 Å². The zero-order valence-corrected chi connectivity index (χ0v) is 11.8. The number of carbonyl (C=O) groups is 1. The zero-order chi connectivity index (χ0) is 14.9. The molecule has 0 aliphatic carbocycles. The molecule has 0 amide bonds. The van der Waals surface area contributed by atoms with Crippen LogP contribution in [0.15, 0.2) is 46.8 Å². The Morgan fingerprint density at radius 2 is 2.10 bits per heavy atom. The number of benzene rings is 1. The van der Waals surface area contributed by atoms with Crippen molar-refractivity contribution in [3.63, 3.8) is 0 Å². The summed E-state index contributed by atoms with van der Waals surface area (Å²) in [5.41, 5.74) is 2.48. The highest BCUT2D eigenvalue weighted by Gasteiger charge is 2.33. The molecular formula is C15H13ClN2O2. The molecule has 102 valence electrons. The molecule has 0 bridgehead atoms. The van der Waals surface area contributed by atoms with Crippen LogP contribution in [0.5, 0.6) is 0 Å². The van der Waals surface area contributed by atoms with Crippen LogP contribution in [-0.4, -0.2) is 11.1 Å². The molecule has 1 aliphatic rings. The van der Waals surface area contributed by atoms with E-state index in [9.17, 15) is 15.2 Å². The van der Waals surface area contributed by atoms with Crippen LogP contribution in [0, 0.1) is 11.3 Å². The first-order valence-corrected chi connectivity index (χ1v) is 6.41. The number of nitriles is 1. The molecule has 0 radical (unpaired) electrons. The first kappa shape index (κ1) is 14.2. The van der Waals surface area contributed by atoms with Crippen molar-refractivity contribution in [3.05, 3.63) is 57.4 Å². The summed E-state index contributed by atoms with van der Waals surface area (Å²) in [6.45, 7) is 3.46. The monoisotopic (exact) mass is 288 g/mol. The van der Waals surface area contributed by atoms with Crippen LogP contribution in [0.2, 0.25) is 5.02 Å². The molecule has 2 rings (SSSR count). The topological polar surface area (TPSA) is 73.1 Å². The average Bonchev–Trinajstić information content (AvgIpc) is 2.37. The molecule has 4 nitrogen and oxygen atoms in total. The third kappa shape index (κ3) is 2.40. The molecular weight excluding hydrogens is 276 g/mol. The minimum Gasteiger partial charge on any atom is -0.478 e. The Balaban J connectivity index is 2.67. The molecule has 0 saturated heterocycles. The Labute approximate surface area is 122 Å². The van der Waals surface area contributed by atoms with Crippen molar-refractivity contribution in [2.24, 2.45) is 0 Å². The number of nitrogens with one attached hydrogen (secondary N) is 1. The predicted octanol–water partition coefficient (Wildman–Crippen LogP) is 3.18. The summed E-state index contributed by atoms with van der Waals surface area (Å²) in [7, 11) is 0. The Morgan fingerprint density at radius 1 is 1.40 bits per heavy atom. The van der Waals surface area contributed by atoms with Crippen LogP contribution in [0.3, 0.4) is 0 Å². The summed E-state index contributed by atoms with van der Waals surface area (Å²) >= 11 is 5.98. The van der Waals surface area contributed by atoms with E-state index in [4.69, 9.17) is 11.6 Å². The molecule has 0 spiro atoms. The number of hydrogen-bond donors (Lipinski definition) is 2. The van der Waals surface area contributed by atoms with Crippen LogP contribution < -0.4 is 5.32 Å². The van der Waals surface area contributed by atoms with E-state index < -0.39 is 11.9 Å². The van der Waals surface area contributed by atoms with Crippen molar-refractivity contribution in [2.45, 2.75) is 19.8 Å². The normalized spacial score (nSPS) is 18.6. The number of dihydropyridines is 1. The van der Waals surface area contributed by atoms with E-state index in [1.807, 2.05) is 0 Å². The summed E-state index contributed by atoms with van der Waals surface area (Å²) in [6, 6.07) is 9.04. The van der Waals surface area contributed by atoms with E-state index in [2.05, 4.69) is 11.4 Å². The van der Waals surface area contributed by atoms with Gasteiger partial charge in [0, 0.05) is 16.4 Å². The fourth-order valence-electron chi connectivity index (χ4n) is 2.45. The number of nitrogens with zero attached hydrogens (tertiary/aromatic N) is 1. The van der Waals surface area contributed by atoms with Gasteiger partial charge < -0.3 is 10.4 Å². The molecule has 5 heteroatoms. The maximum atomic E-state index is 11.5. The molecule has 1 aliphatic heterocycles. The maximum absolute atomic E-state index is 11.5. The lowest BCUT2D eigenvalue weighted by Crippen LogP contribution is -2.27. The third-order valence-corrected chi connectivity index (χ3v) is 3.53. The number of allylic oxidation sites excluding steroid dienone is 3. The quantitative estimate of drug-likeness (QED) is 0.876. The van der Waals surface area contributed by atoms with E-state index in [0.29, 0.717) is 27.6 Å². The minimum atomic E-state index is -1.04. The lowest BCUT2D eigenvalue weighted by atomic mass is 9.81. The summed E-state index contributed by atoms with van der Waals surface area (Å²) < 4.78 is 0. The molecule has 1 unspecified atom stereocenters. The molecule has 20 heavy (non-hydrogen) atoms. The highest BCUT2D eigenvalue weighted by atomic mass is 35.5. The third-order valence-electron chi connectivity index (χ3n) is 3.29. The number of aliphatic carboxylic acids is 1. The second kappa shape index (κ2) is 5.40. The molecule has 0 fully saturated rings. The second-order valence-corrected chi connectivity index (χ2v) is 5.04. The van der Waals surface area contributed by atoms with Crippen LogP contribution in [0.1, 0.15) is 25.3 Å². The molecule has 1 aromatic rings. The van der Waals surface area contributed by atoms with Crippen molar-refractivity contribution in [2.75, 3.05) is 0 Å². The second-order valence-electron chi connectivity index (χ2n) is 4.61. The fourth-order valence-corrected chi connectivity index (χ4v) is 2.64. The minimum absolute atomic E-state index is 0.175. The van der Waals surface area contributed by atoms with Crippen molar-refractivity contribution < 1.29 is 9.90 Å². The Hall–Kier alpha value is -2.25. The maximum Gasteiger partial charge on any atom is 0.334 e. The van der Waals surface area contributed by atoms with Crippen molar-refractivity contribution in [3.8, 4) is 6.07 Å². The predicted molar refractivity (Wildman–Crippen MR) is 76.0 cm³/mol. The van der Waals surface area contributed by atoms with Gasteiger partial charge in [-0.3, -0.25) is 0 Å². The number of rotatable bonds is 2. The van der Waals surface area contributed by atoms with Crippen LogP contribution in [-0.2, 0) is 4.79 Å². The zero-order valence-electron chi connectivity index (χ0n) is 11.1. The summed E-state index contributed by atoms with van der Waals surface area (Å²) in [6.07, 6.45) is 0. The van der Waals surface area contributed by atoms with Gasteiger partial charge >= 0.3 is 5.97 Å². The van der Waals surface area contributed by atoms with E-state index in [1.165, 1.54) is 0 Å². The standard InChI is InChI=1S/C15H13ClN2O2/c1-8-12(7-17)14(10-4-3-5-11(16)6-10)13(15(19)20)9(2)18-8/h3-6,14,18H,1-2H3,(H,19,20). The molecule has 1 aromatic carbocycles. The van der Waals surface area contributed by atoms with Gasteiger partial charge in [0.25, 0.3) is 0 Å². The van der Waals surface area contributed by atoms with Gasteiger partial charge in [-0.25, -0.2) is 4.79 Å². The Bertz CT molecular complexity index is 683. The lowest BCUT2D eigenvalue weighted by Gasteiger charge is -2.27. The van der Waals surface area contributed by atoms with Crippen LogP contribution >= 0.6 is 11.6 Å². The molecule has 0 saturated carbocycles. The number of halogens is 1. The van der Waals surface area contributed by atoms with Crippen LogP contribution in [0.25, 0.3) is 0 Å². The van der Waals surface area contributed by atoms with E-state index in [0.717, 1.165) is 0 Å². The highest BCUT2D eigenvalue weighted by molar-refractivity contribution is 6.30. The van der Waals surface area contributed by atoms with Gasteiger partial charge in [0.05, 0.1) is 23.1 Å². The number of hydrogen-bond acceptors (Lipinski definition) is 3. The van der Waals surface area contributed by atoms with Crippen molar-refractivity contribution in [1.82, 2.24) is 5.32 Å².